The normalized spacial score (nSPS) is 18.9. The van der Waals surface area contributed by atoms with E-state index >= 15 is 0 Å². The lowest BCUT2D eigenvalue weighted by Crippen LogP contribution is -2.42. The number of benzene rings is 1. The molecule has 1 amide bonds. The number of rotatable bonds is 4. The van der Waals surface area contributed by atoms with E-state index in [4.69, 9.17) is 10.5 Å². The number of hydrogen-bond donors (Lipinski definition) is 1. The maximum atomic E-state index is 12.6. The molecule has 0 aliphatic carbocycles. The Morgan fingerprint density at radius 1 is 1.43 bits per heavy atom. The van der Waals surface area contributed by atoms with Crippen LogP contribution in [0.5, 0.6) is 5.75 Å². The minimum Gasteiger partial charge on any atom is -0.484 e. The molecule has 1 fully saturated rings. The van der Waals surface area contributed by atoms with E-state index in [-0.39, 0.29) is 24.3 Å². The first-order chi connectivity index (χ1) is 9.91. The van der Waals surface area contributed by atoms with Crippen molar-refractivity contribution in [1.29, 1.82) is 0 Å². The van der Waals surface area contributed by atoms with Gasteiger partial charge in [0.05, 0.1) is 5.56 Å². The highest BCUT2D eigenvalue weighted by molar-refractivity contribution is 5.78. The molecule has 1 atom stereocenters. The fourth-order valence-electron chi connectivity index (χ4n) is 2.40. The van der Waals surface area contributed by atoms with Crippen molar-refractivity contribution in [2.75, 3.05) is 19.7 Å². The van der Waals surface area contributed by atoms with Crippen LogP contribution in [-0.4, -0.2) is 36.5 Å². The Morgan fingerprint density at radius 2 is 2.19 bits per heavy atom. The Morgan fingerprint density at radius 3 is 2.86 bits per heavy atom. The van der Waals surface area contributed by atoms with Crippen LogP contribution in [-0.2, 0) is 11.0 Å². The first-order valence-electron chi connectivity index (χ1n) is 6.71. The summed E-state index contributed by atoms with van der Waals surface area (Å²) in [5.74, 6) is -0.220. The Balaban J connectivity index is 1.95. The number of carbonyl (C=O) groups excluding carboxylic acids is 1. The molecule has 0 spiro atoms. The standard InChI is InChI=1S/C14H17F3N2O2/c15-14(16,17)10-3-1-5-12(7-10)21-9-13(20)19-6-2-4-11(19)8-18/h1,3,5,7,11H,2,4,6,8-9,18H2/t11-/m0/s1. The number of hydrogen-bond acceptors (Lipinski definition) is 3. The van der Waals surface area contributed by atoms with E-state index in [1.54, 1.807) is 4.90 Å². The molecule has 1 heterocycles. The van der Waals surface area contributed by atoms with E-state index in [0.717, 1.165) is 25.0 Å². The molecule has 1 saturated heterocycles. The molecule has 0 saturated carbocycles. The second kappa shape index (κ2) is 6.34. The molecule has 2 N–H and O–H groups in total. The number of nitrogens with two attached hydrogens (primary N) is 1. The zero-order valence-electron chi connectivity index (χ0n) is 11.4. The van der Waals surface area contributed by atoms with Crippen LogP contribution in [0.2, 0.25) is 0 Å². The molecule has 1 aliphatic rings. The summed E-state index contributed by atoms with van der Waals surface area (Å²) in [6.07, 6.45) is -2.69. The van der Waals surface area contributed by atoms with Crippen LogP contribution in [0.3, 0.4) is 0 Å². The minimum absolute atomic E-state index is 0.00242. The van der Waals surface area contributed by atoms with E-state index in [1.807, 2.05) is 0 Å². The largest absolute Gasteiger partial charge is 0.484 e. The highest BCUT2D eigenvalue weighted by atomic mass is 19.4. The zero-order chi connectivity index (χ0) is 15.5. The van der Waals surface area contributed by atoms with Crippen LogP contribution in [0.25, 0.3) is 0 Å². The first-order valence-corrected chi connectivity index (χ1v) is 6.71. The number of amides is 1. The maximum absolute atomic E-state index is 12.6. The van der Waals surface area contributed by atoms with E-state index in [0.29, 0.717) is 13.1 Å². The van der Waals surface area contributed by atoms with Crippen LogP contribution >= 0.6 is 0 Å². The Kier molecular flexibility index (Phi) is 4.72. The second-order valence-electron chi connectivity index (χ2n) is 4.93. The van der Waals surface area contributed by atoms with Crippen molar-refractivity contribution in [2.24, 2.45) is 5.73 Å². The van der Waals surface area contributed by atoms with Crippen molar-refractivity contribution in [3.8, 4) is 5.75 Å². The molecule has 116 valence electrons. The average molecular weight is 302 g/mol. The number of halogens is 3. The number of alkyl halides is 3. The molecule has 4 nitrogen and oxygen atoms in total. The zero-order valence-corrected chi connectivity index (χ0v) is 11.4. The fraction of sp³-hybridized carbons (Fsp3) is 0.500. The van der Waals surface area contributed by atoms with Gasteiger partial charge in [0.25, 0.3) is 5.91 Å². The van der Waals surface area contributed by atoms with Gasteiger partial charge >= 0.3 is 6.18 Å². The van der Waals surface area contributed by atoms with Gasteiger partial charge in [-0.2, -0.15) is 13.2 Å². The van der Waals surface area contributed by atoms with Crippen LogP contribution in [0.15, 0.2) is 24.3 Å². The molecule has 1 aliphatic heterocycles. The van der Waals surface area contributed by atoms with Crippen molar-refractivity contribution < 1.29 is 22.7 Å². The number of nitrogens with zero attached hydrogens (tertiary/aromatic N) is 1. The van der Waals surface area contributed by atoms with Crippen molar-refractivity contribution in [3.05, 3.63) is 29.8 Å². The molecule has 0 radical (unpaired) electrons. The van der Waals surface area contributed by atoms with Crippen LogP contribution in [0.4, 0.5) is 13.2 Å². The lowest BCUT2D eigenvalue weighted by molar-refractivity contribution is -0.137. The molecule has 0 unspecified atom stereocenters. The Hall–Kier alpha value is -1.76. The van der Waals surface area contributed by atoms with Gasteiger partial charge < -0.3 is 15.4 Å². The molecule has 21 heavy (non-hydrogen) atoms. The summed E-state index contributed by atoms with van der Waals surface area (Å²) >= 11 is 0. The van der Waals surface area contributed by atoms with Gasteiger partial charge in [0, 0.05) is 19.1 Å². The summed E-state index contributed by atoms with van der Waals surface area (Å²) in [6, 6.07) is 4.49. The summed E-state index contributed by atoms with van der Waals surface area (Å²) in [5.41, 5.74) is 4.78. The molecule has 2 rings (SSSR count). The highest BCUT2D eigenvalue weighted by Gasteiger charge is 2.31. The van der Waals surface area contributed by atoms with E-state index in [2.05, 4.69) is 0 Å². The first kappa shape index (κ1) is 15.6. The second-order valence-corrected chi connectivity index (χ2v) is 4.93. The van der Waals surface area contributed by atoms with Crippen LogP contribution < -0.4 is 10.5 Å². The SMILES string of the molecule is NC[C@@H]1CCCN1C(=O)COc1cccc(C(F)(F)F)c1. The average Bonchev–Trinajstić information content (AvgIpc) is 2.92. The van der Waals surface area contributed by atoms with Crippen molar-refractivity contribution in [2.45, 2.75) is 25.1 Å². The lowest BCUT2D eigenvalue weighted by Gasteiger charge is -2.23. The monoisotopic (exact) mass is 302 g/mol. The minimum atomic E-state index is -4.43. The van der Waals surface area contributed by atoms with Crippen molar-refractivity contribution in [3.63, 3.8) is 0 Å². The van der Waals surface area contributed by atoms with Crippen LogP contribution in [0, 0.1) is 0 Å². The molecular formula is C14H17F3N2O2. The fourth-order valence-corrected chi connectivity index (χ4v) is 2.40. The Labute approximate surface area is 120 Å². The van der Waals surface area contributed by atoms with Gasteiger partial charge in [-0.25, -0.2) is 0 Å². The van der Waals surface area contributed by atoms with Crippen molar-refractivity contribution in [1.82, 2.24) is 4.90 Å². The van der Waals surface area contributed by atoms with E-state index in [1.165, 1.54) is 12.1 Å². The van der Waals surface area contributed by atoms with Gasteiger partial charge in [-0.05, 0) is 31.0 Å². The summed E-state index contributed by atoms with van der Waals surface area (Å²) in [5, 5.41) is 0. The van der Waals surface area contributed by atoms with Gasteiger partial charge in [-0.1, -0.05) is 6.07 Å². The van der Waals surface area contributed by atoms with E-state index in [9.17, 15) is 18.0 Å². The van der Waals surface area contributed by atoms with Crippen molar-refractivity contribution >= 4 is 5.91 Å². The summed E-state index contributed by atoms with van der Waals surface area (Å²) in [6.45, 7) is 0.722. The highest BCUT2D eigenvalue weighted by Crippen LogP contribution is 2.31. The summed E-state index contributed by atoms with van der Waals surface area (Å²) < 4.78 is 42.9. The topological polar surface area (TPSA) is 55.6 Å². The molecule has 0 aromatic heterocycles. The number of carbonyl (C=O) groups is 1. The molecule has 7 heteroatoms. The smallest absolute Gasteiger partial charge is 0.416 e. The molecule has 1 aromatic rings. The third kappa shape index (κ3) is 3.87. The Bertz CT molecular complexity index is 505. The molecule has 0 bridgehead atoms. The van der Waals surface area contributed by atoms with Gasteiger partial charge in [-0.3, -0.25) is 4.79 Å². The predicted molar refractivity (Wildman–Crippen MR) is 70.7 cm³/mol. The quantitative estimate of drug-likeness (QED) is 0.926. The van der Waals surface area contributed by atoms with Gasteiger partial charge in [0.2, 0.25) is 0 Å². The summed E-state index contributed by atoms with van der Waals surface area (Å²) in [4.78, 5) is 13.6. The van der Waals surface area contributed by atoms with Gasteiger partial charge in [0.15, 0.2) is 6.61 Å². The number of ether oxygens (including phenoxy) is 1. The lowest BCUT2D eigenvalue weighted by atomic mass is 10.2. The van der Waals surface area contributed by atoms with E-state index < -0.39 is 11.7 Å². The van der Waals surface area contributed by atoms with Gasteiger partial charge in [0.1, 0.15) is 5.75 Å². The third-order valence-corrected chi connectivity index (χ3v) is 3.49. The number of likely N-dealkylation sites (tertiary alicyclic amines) is 1. The molecular weight excluding hydrogens is 285 g/mol. The predicted octanol–water partition coefficient (Wildman–Crippen LogP) is 2.03. The van der Waals surface area contributed by atoms with Crippen LogP contribution in [0.1, 0.15) is 18.4 Å². The molecule has 1 aromatic carbocycles. The third-order valence-electron chi connectivity index (χ3n) is 3.49. The summed E-state index contributed by atoms with van der Waals surface area (Å²) in [7, 11) is 0. The van der Waals surface area contributed by atoms with Gasteiger partial charge in [-0.15, -0.1) is 0 Å². The maximum Gasteiger partial charge on any atom is 0.416 e.